The summed E-state index contributed by atoms with van der Waals surface area (Å²) < 4.78 is 25.5. The Morgan fingerprint density at radius 2 is 1.90 bits per heavy atom. The normalized spacial score (nSPS) is 10.9. The van der Waals surface area contributed by atoms with Crippen molar-refractivity contribution in [2.45, 2.75) is 4.90 Å². The van der Waals surface area contributed by atoms with Gasteiger partial charge in [-0.05, 0) is 52.9 Å². The lowest BCUT2D eigenvalue weighted by Gasteiger charge is -2.09. The molecule has 0 atom stereocenters. The summed E-state index contributed by atoms with van der Waals surface area (Å²) in [7, 11) is -3.39. The fourth-order valence-electron chi connectivity index (χ4n) is 1.80. The van der Waals surface area contributed by atoms with Gasteiger partial charge in [0.2, 0.25) is 0 Å². The first-order chi connectivity index (χ1) is 10.0. The Labute approximate surface area is 137 Å². The summed E-state index contributed by atoms with van der Waals surface area (Å²) in [5, 5.41) is 11.9. The lowest BCUT2D eigenvalue weighted by Crippen LogP contribution is -2.16. The van der Waals surface area contributed by atoms with Crippen molar-refractivity contribution >= 4 is 38.1 Å². The van der Waals surface area contributed by atoms with Crippen LogP contribution in [0.2, 0.25) is 0 Å². The summed E-state index contributed by atoms with van der Waals surface area (Å²) in [6.07, 6.45) is 0. The Morgan fingerprint density at radius 3 is 2.62 bits per heavy atom. The van der Waals surface area contributed by atoms with Crippen molar-refractivity contribution in [1.29, 1.82) is 5.26 Å². The van der Waals surface area contributed by atoms with Crippen molar-refractivity contribution in [2.24, 2.45) is 0 Å². The third-order valence-electron chi connectivity index (χ3n) is 2.88. The second-order valence-electron chi connectivity index (χ2n) is 4.37. The number of sulfone groups is 1. The Kier molecular flexibility index (Phi) is 5.20. The van der Waals surface area contributed by atoms with Crippen LogP contribution in [0.3, 0.4) is 0 Å². The quantitative estimate of drug-likeness (QED) is 0.767. The number of hydrogen-bond donors (Lipinski definition) is 1. The molecule has 0 saturated heterocycles. The Balaban J connectivity index is 2.05. The van der Waals surface area contributed by atoms with Crippen LogP contribution in [0.5, 0.6) is 0 Å². The van der Waals surface area contributed by atoms with E-state index in [0.29, 0.717) is 12.1 Å². The molecule has 0 heterocycles. The summed E-state index contributed by atoms with van der Waals surface area (Å²) in [6, 6.07) is 15.7. The number of hydrogen-bond acceptors (Lipinski definition) is 4. The van der Waals surface area contributed by atoms with Gasteiger partial charge in [0, 0.05) is 15.8 Å². The molecule has 0 fully saturated rings. The molecule has 0 aliphatic rings. The van der Waals surface area contributed by atoms with Gasteiger partial charge >= 0.3 is 0 Å². The molecule has 0 unspecified atom stereocenters. The number of nitriles is 1. The van der Waals surface area contributed by atoms with Crippen LogP contribution in [0.4, 0.5) is 5.69 Å². The van der Waals surface area contributed by atoms with E-state index in [1.54, 1.807) is 12.1 Å². The standard InChI is InChI=1S/C15H13IN2O2S/c16-14-6-1-2-7-15(14)18-8-9-21(19,20)13-5-3-4-12(10-13)11-17/h1-7,10,18H,8-9H2. The van der Waals surface area contributed by atoms with Gasteiger partial charge in [-0.3, -0.25) is 0 Å². The third kappa shape index (κ3) is 4.19. The maximum absolute atomic E-state index is 12.2. The van der Waals surface area contributed by atoms with Crippen LogP contribution in [0.15, 0.2) is 53.4 Å². The number of halogens is 1. The van der Waals surface area contributed by atoms with E-state index in [1.807, 2.05) is 30.3 Å². The van der Waals surface area contributed by atoms with Gasteiger partial charge in [-0.15, -0.1) is 0 Å². The smallest absolute Gasteiger partial charge is 0.180 e. The van der Waals surface area contributed by atoms with Crippen molar-refractivity contribution < 1.29 is 8.42 Å². The van der Waals surface area contributed by atoms with Crippen LogP contribution in [0.25, 0.3) is 0 Å². The van der Waals surface area contributed by atoms with E-state index in [9.17, 15) is 8.42 Å². The fourth-order valence-corrected chi connectivity index (χ4v) is 3.58. The van der Waals surface area contributed by atoms with Gasteiger partial charge in [0.15, 0.2) is 9.84 Å². The van der Waals surface area contributed by atoms with E-state index >= 15 is 0 Å². The molecule has 2 rings (SSSR count). The zero-order chi connectivity index (χ0) is 15.3. The molecule has 6 heteroatoms. The minimum absolute atomic E-state index is 0.0210. The van der Waals surface area contributed by atoms with Crippen LogP contribution in [-0.4, -0.2) is 20.7 Å². The van der Waals surface area contributed by atoms with Gasteiger partial charge in [0.1, 0.15) is 0 Å². The van der Waals surface area contributed by atoms with E-state index in [-0.39, 0.29) is 10.6 Å². The van der Waals surface area contributed by atoms with Gasteiger partial charge in [-0.2, -0.15) is 5.26 Å². The van der Waals surface area contributed by atoms with Crippen molar-refractivity contribution in [3.05, 3.63) is 57.7 Å². The maximum atomic E-state index is 12.2. The zero-order valence-electron chi connectivity index (χ0n) is 11.1. The maximum Gasteiger partial charge on any atom is 0.180 e. The first-order valence-corrected chi connectivity index (χ1v) is 8.97. The number of nitrogens with one attached hydrogen (secondary N) is 1. The molecule has 1 N–H and O–H groups in total. The third-order valence-corrected chi connectivity index (χ3v) is 5.54. The van der Waals surface area contributed by atoms with Crippen LogP contribution in [-0.2, 0) is 9.84 Å². The van der Waals surface area contributed by atoms with Crippen molar-refractivity contribution in [3.63, 3.8) is 0 Å². The van der Waals surface area contributed by atoms with Crippen LogP contribution < -0.4 is 5.32 Å². The van der Waals surface area contributed by atoms with E-state index in [1.165, 1.54) is 12.1 Å². The van der Waals surface area contributed by atoms with Crippen LogP contribution in [0, 0.1) is 14.9 Å². The average molecular weight is 412 g/mol. The summed E-state index contributed by atoms with van der Waals surface area (Å²) in [6.45, 7) is 0.319. The predicted molar refractivity (Wildman–Crippen MR) is 90.9 cm³/mol. The molecular weight excluding hydrogens is 399 g/mol. The van der Waals surface area contributed by atoms with E-state index < -0.39 is 9.84 Å². The molecule has 0 amide bonds. The molecule has 0 spiro atoms. The minimum atomic E-state index is -3.39. The second-order valence-corrected chi connectivity index (χ2v) is 7.64. The first-order valence-electron chi connectivity index (χ1n) is 6.24. The highest BCUT2D eigenvalue weighted by Crippen LogP contribution is 2.17. The molecule has 0 saturated carbocycles. The summed E-state index contributed by atoms with van der Waals surface area (Å²) in [5.41, 5.74) is 1.26. The first kappa shape index (κ1) is 15.8. The number of anilines is 1. The second kappa shape index (κ2) is 6.91. The van der Waals surface area contributed by atoms with E-state index in [4.69, 9.17) is 5.26 Å². The topological polar surface area (TPSA) is 70.0 Å². The van der Waals surface area contributed by atoms with Crippen molar-refractivity contribution in [3.8, 4) is 6.07 Å². The fraction of sp³-hybridized carbons (Fsp3) is 0.133. The van der Waals surface area contributed by atoms with Gasteiger partial charge in [-0.1, -0.05) is 18.2 Å². The molecular formula is C15H13IN2O2S. The van der Waals surface area contributed by atoms with E-state index in [2.05, 4.69) is 27.9 Å². The van der Waals surface area contributed by atoms with Gasteiger partial charge in [0.25, 0.3) is 0 Å². The predicted octanol–water partition coefficient (Wildman–Crippen LogP) is 3.05. The molecule has 4 nitrogen and oxygen atoms in total. The number of nitrogens with zero attached hydrogens (tertiary/aromatic N) is 1. The zero-order valence-corrected chi connectivity index (χ0v) is 14.1. The molecule has 0 aliphatic carbocycles. The largest absolute Gasteiger partial charge is 0.383 e. The Hall–Kier alpha value is -1.59. The number of benzene rings is 2. The van der Waals surface area contributed by atoms with E-state index in [0.717, 1.165) is 9.26 Å². The average Bonchev–Trinajstić information content (AvgIpc) is 2.49. The van der Waals surface area contributed by atoms with Gasteiger partial charge in [-0.25, -0.2) is 8.42 Å². The molecule has 0 radical (unpaired) electrons. The minimum Gasteiger partial charge on any atom is -0.383 e. The summed E-state index contributed by atoms with van der Waals surface area (Å²) in [4.78, 5) is 0.186. The SMILES string of the molecule is N#Cc1cccc(S(=O)(=O)CCNc2ccccc2I)c1. The number of rotatable bonds is 5. The molecule has 21 heavy (non-hydrogen) atoms. The highest BCUT2D eigenvalue weighted by Gasteiger charge is 2.14. The van der Waals surface area contributed by atoms with Crippen LogP contribution in [0.1, 0.15) is 5.56 Å². The van der Waals surface area contributed by atoms with Gasteiger partial charge in [0.05, 0.1) is 22.3 Å². The van der Waals surface area contributed by atoms with Crippen molar-refractivity contribution in [1.82, 2.24) is 0 Å². The lowest BCUT2D eigenvalue weighted by atomic mass is 10.2. The van der Waals surface area contributed by atoms with Gasteiger partial charge < -0.3 is 5.32 Å². The Bertz CT molecular complexity index is 782. The van der Waals surface area contributed by atoms with Crippen LogP contribution >= 0.6 is 22.6 Å². The molecule has 0 bridgehead atoms. The summed E-state index contributed by atoms with van der Waals surface area (Å²) in [5.74, 6) is -0.0210. The molecule has 2 aromatic carbocycles. The highest BCUT2D eigenvalue weighted by molar-refractivity contribution is 14.1. The van der Waals surface area contributed by atoms with Crippen molar-refractivity contribution in [2.75, 3.05) is 17.6 Å². The molecule has 0 aromatic heterocycles. The summed E-state index contributed by atoms with van der Waals surface area (Å²) >= 11 is 2.19. The molecule has 2 aromatic rings. The highest BCUT2D eigenvalue weighted by atomic mass is 127. The lowest BCUT2D eigenvalue weighted by molar-refractivity contribution is 0.596. The molecule has 0 aliphatic heterocycles. The Morgan fingerprint density at radius 1 is 1.14 bits per heavy atom. The molecule has 108 valence electrons. The monoisotopic (exact) mass is 412 g/mol. The number of para-hydroxylation sites is 1.